The van der Waals surface area contributed by atoms with E-state index in [1.54, 1.807) is 6.07 Å². The summed E-state index contributed by atoms with van der Waals surface area (Å²) in [4.78, 5) is 17.8. The Morgan fingerprint density at radius 2 is 2.14 bits per heavy atom. The van der Waals surface area contributed by atoms with Crippen molar-refractivity contribution >= 4 is 6.29 Å². The van der Waals surface area contributed by atoms with Crippen LogP contribution in [0.2, 0.25) is 0 Å². The summed E-state index contributed by atoms with van der Waals surface area (Å²) >= 11 is 0. The number of aryl methyl sites for hydroxylation is 1. The van der Waals surface area contributed by atoms with Gasteiger partial charge in [0.2, 0.25) is 0 Å². The van der Waals surface area contributed by atoms with Gasteiger partial charge in [0.15, 0.2) is 6.29 Å². The fourth-order valence-electron chi connectivity index (χ4n) is 1.32. The standard InChI is InChI=1S/C11H10N2O/c1-8-3-2-4-10(12-8)11-6-5-9(7-14)13-11/h2-7,13H,1H3. The topological polar surface area (TPSA) is 45.8 Å². The van der Waals surface area contributed by atoms with Gasteiger partial charge in [-0.2, -0.15) is 0 Å². The second-order valence-corrected chi connectivity index (χ2v) is 3.11. The van der Waals surface area contributed by atoms with Crippen molar-refractivity contribution in [3.8, 4) is 11.4 Å². The number of aromatic nitrogens is 2. The molecule has 2 heterocycles. The number of nitrogens with one attached hydrogen (secondary N) is 1. The van der Waals surface area contributed by atoms with Crippen molar-refractivity contribution < 1.29 is 4.79 Å². The van der Waals surface area contributed by atoms with Crippen LogP contribution in [0.25, 0.3) is 11.4 Å². The average Bonchev–Trinajstić information content (AvgIpc) is 2.66. The molecule has 0 bridgehead atoms. The third-order valence-corrected chi connectivity index (χ3v) is 2.00. The van der Waals surface area contributed by atoms with Crippen LogP contribution < -0.4 is 0 Å². The summed E-state index contributed by atoms with van der Waals surface area (Å²) in [6.07, 6.45) is 0.791. The number of aldehydes is 1. The average molecular weight is 186 g/mol. The molecule has 0 saturated heterocycles. The number of hydrogen-bond acceptors (Lipinski definition) is 2. The minimum absolute atomic E-state index is 0.573. The van der Waals surface area contributed by atoms with E-state index in [1.165, 1.54) is 0 Å². The Morgan fingerprint density at radius 3 is 2.79 bits per heavy atom. The normalized spacial score (nSPS) is 10.1. The van der Waals surface area contributed by atoms with Crippen molar-refractivity contribution in [2.45, 2.75) is 6.92 Å². The number of carbonyl (C=O) groups is 1. The van der Waals surface area contributed by atoms with Gasteiger partial charge in [-0.25, -0.2) is 0 Å². The Morgan fingerprint density at radius 1 is 1.29 bits per heavy atom. The van der Waals surface area contributed by atoms with E-state index in [2.05, 4.69) is 9.97 Å². The number of pyridine rings is 1. The number of carbonyl (C=O) groups excluding carboxylic acids is 1. The Bertz CT molecular complexity index is 460. The summed E-state index contributed by atoms with van der Waals surface area (Å²) in [6, 6.07) is 9.39. The maximum atomic E-state index is 10.5. The molecule has 14 heavy (non-hydrogen) atoms. The molecule has 0 atom stereocenters. The predicted molar refractivity (Wildman–Crippen MR) is 54.1 cm³/mol. The lowest BCUT2D eigenvalue weighted by Crippen LogP contribution is -1.86. The Labute approximate surface area is 81.8 Å². The summed E-state index contributed by atoms with van der Waals surface area (Å²) in [5.41, 5.74) is 3.27. The van der Waals surface area contributed by atoms with Gasteiger partial charge in [0, 0.05) is 5.69 Å². The third-order valence-electron chi connectivity index (χ3n) is 2.00. The van der Waals surface area contributed by atoms with E-state index in [0.29, 0.717) is 5.69 Å². The van der Waals surface area contributed by atoms with E-state index in [0.717, 1.165) is 23.4 Å². The zero-order valence-corrected chi connectivity index (χ0v) is 7.82. The molecule has 0 aliphatic carbocycles. The van der Waals surface area contributed by atoms with Crippen molar-refractivity contribution in [1.29, 1.82) is 0 Å². The highest BCUT2D eigenvalue weighted by Gasteiger charge is 2.01. The second kappa shape index (κ2) is 3.46. The van der Waals surface area contributed by atoms with Gasteiger partial charge in [-0.15, -0.1) is 0 Å². The maximum absolute atomic E-state index is 10.5. The number of hydrogen-bond donors (Lipinski definition) is 1. The number of nitrogens with zero attached hydrogens (tertiary/aromatic N) is 1. The molecule has 3 nitrogen and oxygen atoms in total. The van der Waals surface area contributed by atoms with Gasteiger partial charge in [-0.1, -0.05) is 6.07 Å². The summed E-state index contributed by atoms with van der Waals surface area (Å²) in [7, 11) is 0. The lowest BCUT2D eigenvalue weighted by atomic mass is 10.2. The van der Waals surface area contributed by atoms with Crippen LogP contribution in [0.4, 0.5) is 0 Å². The van der Waals surface area contributed by atoms with Gasteiger partial charge >= 0.3 is 0 Å². The van der Waals surface area contributed by atoms with Crippen molar-refractivity contribution in [1.82, 2.24) is 9.97 Å². The number of rotatable bonds is 2. The van der Waals surface area contributed by atoms with Gasteiger partial charge < -0.3 is 4.98 Å². The Balaban J connectivity index is 2.43. The van der Waals surface area contributed by atoms with Crippen LogP contribution in [0.1, 0.15) is 16.2 Å². The number of H-pyrrole nitrogens is 1. The van der Waals surface area contributed by atoms with E-state index in [-0.39, 0.29) is 0 Å². The van der Waals surface area contributed by atoms with Crippen LogP contribution in [-0.2, 0) is 0 Å². The van der Waals surface area contributed by atoms with Crippen LogP contribution in [0.15, 0.2) is 30.3 Å². The maximum Gasteiger partial charge on any atom is 0.166 e. The Hall–Kier alpha value is -1.90. The Kier molecular flexibility index (Phi) is 2.14. The zero-order chi connectivity index (χ0) is 9.97. The lowest BCUT2D eigenvalue weighted by Gasteiger charge is -1.97. The minimum atomic E-state index is 0.573. The molecule has 2 aromatic heterocycles. The molecule has 2 rings (SSSR count). The summed E-state index contributed by atoms with van der Waals surface area (Å²) < 4.78 is 0. The lowest BCUT2D eigenvalue weighted by molar-refractivity contribution is 0.111. The van der Waals surface area contributed by atoms with Crippen LogP contribution >= 0.6 is 0 Å². The van der Waals surface area contributed by atoms with E-state index >= 15 is 0 Å². The largest absolute Gasteiger partial charge is 0.351 e. The van der Waals surface area contributed by atoms with Crippen LogP contribution in [-0.4, -0.2) is 16.3 Å². The molecule has 0 saturated carbocycles. The number of aromatic amines is 1. The van der Waals surface area contributed by atoms with Crippen LogP contribution in [0, 0.1) is 6.92 Å². The van der Waals surface area contributed by atoms with Gasteiger partial charge in [-0.05, 0) is 31.2 Å². The smallest absolute Gasteiger partial charge is 0.166 e. The van der Waals surface area contributed by atoms with Crippen LogP contribution in [0.3, 0.4) is 0 Å². The van der Waals surface area contributed by atoms with Crippen molar-refractivity contribution in [3.05, 3.63) is 41.7 Å². The summed E-state index contributed by atoms with van der Waals surface area (Å²) in [6.45, 7) is 1.94. The molecule has 0 radical (unpaired) electrons. The molecular weight excluding hydrogens is 176 g/mol. The molecule has 0 aromatic carbocycles. The zero-order valence-electron chi connectivity index (χ0n) is 7.82. The molecule has 0 spiro atoms. The van der Waals surface area contributed by atoms with E-state index in [1.807, 2.05) is 31.2 Å². The van der Waals surface area contributed by atoms with Gasteiger partial charge in [0.25, 0.3) is 0 Å². The second-order valence-electron chi connectivity index (χ2n) is 3.11. The molecule has 0 aliphatic heterocycles. The van der Waals surface area contributed by atoms with E-state index in [9.17, 15) is 4.79 Å². The minimum Gasteiger partial charge on any atom is -0.351 e. The van der Waals surface area contributed by atoms with Crippen molar-refractivity contribution in [2.24, 2.45) is 0 Å². The fraction of sp³-hybridized carbons (Fsp3) is 0.0909. The molecule has 70 valence electrons. The van der Waals surface area contributed by atoms with Gasteiger partial charge in [0.05, 0.1) is 17.1 Å². The third kappa shape index (κ3) is 1.57. The first-order valence-electron chi connectivity index (χ1n) is 4.38. The monoisotopic (exact) mass is 186 g/mol. The fourth-order valence-corrected chi connectivity index (χ4v) is 1.32. The first-order valence-corrected chi connectivity index (χ1v) is 4.38. The molecular formula is C11H10N2O. The highest BCUT2D eigenvalue weighted by Crippen LogP contribution is 2.15. The highest BCUT2D eigenvalue weighted by molar-refractivity contribution is 5.74. The molecule has 0 fully saturated rings. The summed E-state index contributed by atoms with van der Waals surface area (Å²) in [5, 5.41) is 0. The summed E-state index contributed by atoms with van der Waals surface area (Å²) in [5.74, 6) is 0. The van der Waals surface area contributed by atoms with E-state index < -0.39 is 0 Å². The first-order chi connectivity index (χ1) is 6.79. The highest BCUT2D eigenvalue weighted by atomic mass is 16.1. The first kappa shape index (κ1) is 8.69. The van der Waals surface area contributed by atoms with Gasteiger partial charge in [-0.3, -0.25) is 9.78 Å². The predicted octanol–water partition coefficient (Wildman–Crippen LogP) is 2.20. The molecule has 0 aliphatic rings. The quantitative estimate of drug-likeness (QED) is 0.731. The molecule has 0 amide bonds. The molecule has 2 aromatic rings. The SMILES string of the molecule is Cc1cccc(-c2ccc(C=O)[nH]2)n1. The van der Waals surface area contributed by atoms with Crippen LogP contribution in [0.5, 0.6) is 0 Å². The van der Waals surface area contributed by atoms with Crippen molar-refractivity contribution in [2.75, 3.05) is 0 Å². The molecule has 3 heteroatoms. The molecule has 1 N–H and O–H groups in total. The van der Waals surface area contributed by atoms with E-state index in [4.69, 9.17) is 0 Å². The molecule has 0 unspecified atom stereocenters. The van der Waals surface area contributed by atoms with Gasteiger partial charge in [0.1, 0.15) is 0 Å². The van der Waals surface area contributed by atoms with Crippen molar-refractivity contribution in [3.63, 3.8) is 0 Å².